The van der Waals surface area contributed by atoms with E-state index in [-0.39, 0.29) is 43.1 Å². The Kier molecular flexibility index (Phi) is 7.63. The van der Waals surface area contributed by atoms with Gasteiger partial charge >= 0.3 is 0 Å². The molecular formula is C26H30ClN3O4. The van der Waals surface area contributed by atoms with Crippen LogP contribution in [0.3, 0.4) is 0 Å². The van der Waals surface area contributed by atoms with E-state index in [1.54, 1.807) is 43.8 Å². The van der Waals surface area contributed by atoms with Crippen molar-refractivity contribution in [3.8, 4) is 0 Å². The van der Waals surface area contributed by atoms with Gasteiger partial charge in [0, 0.05) is 57.1 Å². The molecule has 180 valence electrons. The first-order valence-electron chi connectivity index (χ1n) is 11.8. The first kappa shape index (κ1) is 24.4. The molecule has 2 aliphatic heterocycles. The molecule has 1 aromatic heterocycles. The third-order valence-electron chi connectivity index (χ3n) is 6.87. The van der Waals surface area contributed by atoms with Crippen LogP contribution in [0.2, 0.25) is 5.02 Å². The van der Waals surface area contributed by atoms with Crippen LogP contribution in [0.15, 0.2) is 48.8 Å². The maximum atomic E-state index is 13.8. The van der Waals surface area contributed by atoms with Gasteiger partial charge in [-0.1, -0.05) is 35.9 Å². The summed E-state index contributed by atoms with van der Waals surface area (Å²) in [5.41, 5.74) is 0.209. The van der Waals surface area contributed by atoms with Crippen LogP contribution in [-0.4, -0.2) is 59.3 Å². The summed E-state index contributed by atoms with van der Waals surface area (Å²) in [6.45, 7) is 1.31. The molecule has 7 nitrogen and oxygen atoms in total. The van der Waals surface area contributed by atoms with E-state index in [9.17, 15) is 14.4 Å². The summed E-state index contributed by atoms with van der Waals surface area (Å²) < 4.78 is 5.09. The third kappa shape index (κ3) is 4.72. The number of halogens is 1. The molecule has 0 radical (unpaired) electrons. The minimum Gasteiger partial charge on any atom is -0.385 e. The molecular weight excluding hydrogens is 454 g/mol. The Balaban J connectivity index is 1.67. The molecule has 0 bridgehead atoms. The summed E-state index contributed by atoms with van der Waals surface area (Å²) in [6.07, 6.45) is 6.63. The van der Waals surface area contributed by atoms with Crippen LogP contribution in [0, 0.1) is 0 Å². The van der Waals surface area contributed by atoms with E-state index < -0.39 is 5.41 Å². The highest BCUT2D eigenvalue weighted by Gasteiger charge is 2.55. The molecule has 2 fully saturated rings. The van der Waals surface area contributed by atoms with Crippen molar-refractivity contribution in [3.05, 3.63) is 64.9 Å². The number of hydrogen-bond donors (Lipinski definition) is 0. The van der Waals surface area contributed by atoms with Gasteiger partial charge in [-0.15, -0.1) is 0 Å². The van der Waals surface area contributed by atoms with Crippen LogP contribution in [-0.2, 0) is 24.5 Å². The first-order chi connectivity index (χ1) is 16.5. The molecule has 3 heterocycles. The van der Waals surface area contributed by atoms with Gasteiger partial charge in [0.2, 0.25) is 17.7 Å². The van der Waals surface area contributed by atoms with Crippen LogP contribution in [0.4, 0.5) is 0 Å². The first-order valence-corrected chi connectivity index (χ1v) is 12.1. The zero-order valence-corrected chi connectivity index (χ0v) is 20.2. The molecule has 2 atom stereocenters. The maximum absolute atomic E-state index is 13.8. The van der Waals surface area contributed by atoms with Gasteiger partial charge in [-0.05, 0) is 48.9 Å². The van der Waals surface area contributed by atoms with E-state index in [0.29, 0.717) is 30.2 Å². The summed E-state index contributed by atoms with van der Waals surface area (Å²) in [5, 5.41) is 0.387. The molecule has 4 rings (SSSR count). The number of amides is 3. The van der Waals surface area contributed by atoms with E-state index in [0.717, 1.165) is 24.8 Å². The molecule has 8 heteroatoms. The maximum Gasteiger partial charge on any atom is 0.240 e. The fraction of sp³-hybridized carbons (Fsp3) is 0.462. The summed E-state index contributed by atoms with van der Waals surface area (Å²) >= 11 is 6.54. The molecule has 0 N–H and O–H groups in total. The van der Waals surface area contributed by atoms with E-state index in [1.165, 1.54) is 4.90 Å². The van der Waals surface area contributed by atoms with Gasteiger partial charge < -0.3 is 9.64 Å². The lowest BCUT2D eigenvalue weighted by Crippen LogP contribution is -2.46. The van der Waals surface area contributed by atoms with Crippen molar-refractivity contribution < 1.29 is 19.1 Å². The number of carbonyl (C=O) groups excluding carboxylic acids is 3. The van der Waals surface area contributed by atoms with Gasteiger partial charge in [0.25, 0.3) is 0 Å². The van der Waals surface area contributed by atoms with Crippen LogP contribution in [0.25, 0.3) is 0 Å². The SMILES string of the molecule is COCCCN1C(=O)C[C@@](CC(=O)N2CCCC[C@H]2c2cccnc2)(c2ccccc2Cl)C1=O. The fourth-order valence-corrected chi connectivity index (χ4v) is 5.51. The molecule has 1 aromatic carbocycles. The number of piperidine rings is 1. The van der Waals surface area contributed by atoms with Crippen molar-refractivity contribution in [2.24, 2.45) is 0 Å². The summed E-state index contributed by atoms with van der Waals surface area (Å²) in [4.78, 5) is 47.9. The second kappa shape index (κ2) is 10.7. The summed E-state index contributed by atoms with van der Waals surface area (Å²) in [7, 11) is 1.58. The van der Waals surface area contributed by atoms with Crippen molar-refractivity contribution >= 4 is 29.3 Å². The molecule has 2 aromatic rings. The van der Waals surface area contributed by atoms with Gasteiger partial charge in [0.1, 0.15) is 0 Å². The second-order valence-electron chi connectivity index (χ2n) is 9.00. The largest absolute Gasteiger partial charge is 0.385 e. The van der Waals surface area contributed by atoms with Crippen molar-refractivity contribution in [2.45, 2.75) is 50.0 Å². The number of rotatable bonds is 8. The number of ether oxygens (including phenoxy) is 1. The quantitative estimate of drug-likeness (QED) is 0.420. The zero-order valence-electron chi connectivity index (χ0n) is 19.4. The van der Waals surface area contributed by atoms with Crippen molar-refractivity contribution in [1.82, 2.24) is 14.8 Å². The van der Waals surface area contributed by atoms with Crippen molar-refractivity contribution in [1.29, 1.82) is 0 Å². The Morgan fingerprint density at radius 2 is 2.03 bits per heavy atom. The Labute approximate surface area is 205 Å². The highest BCUT2D eigenvalue weighted by Crippen LogP contribution is 2.44. The lowest BCUT2D eigenvalue weighted by molar-refractivity contribution is -0.144. The van der Waals surface area contributed by atoms with Crippen LogP contribution in [0.1, 0.15) is 55.7 Å². The van der Waals surface area contributed by atoms with Crippen molar-refractivity contribution in [2.75, 3.05) is 26.8 Å². The molecule has 3 amide bonds. The topological polar surface area (TPSA) is 79.8 Å². The molecule has 34 heavy (non-hydrogen) atoms. The number of aromatic nitrogens is 1. The van der Waals surface area contributed by atoms with Crippen LogP contribution < -0.4 is 0 Å². The number of hydrogen-bond acceptors (Lipinski definition) is 5. The number of likely N-dealkylation sites (tertiary alicyclic amines) is 2. The third-order valence-corrected chi connectivity index (χ3v) is 7.20. The Morgan fingerprint density at radius 1 is 1.21 bits per heavy atom. The van der Waals surface area contributed by atoms with Gasteiger partial charge in [-0.25, -0.2) is 0 Å². The molecule has 0 saturated carbocycles. The molecule has 0 aliphatic carbocycles. The van der Waals surface area contributed by atoms with Crippen LogP contribution in [0.5, 0.6) is 0 Å². The highest BCUT2D eigenvalue weighted by atomic mass is 35.5. The summed E-state index contributed by atoms with van der Waals surface area (Å²) in [6, 6.07) is 10.8. The molecule has 2 aliphatic rings. The van der Waals surface area contributed by atoms with Gasteiger partial charge in [0.15, 0.2) is 0 Å². The highest BCUT2D eigenvalue weighted by molar-refractivity contribution is 6.32. The smallest absolute Gasteiger partial charge is 0.240 e. The molecule has 0 unspecified atom stereocenters. The lowest BCUT2D eigenvalue weighted by Gasteiger charge is -2.38. The summed E-state index contributed by atoms with van der Waals surface area (Å²) in [5.74, 6) is -0.783. The predicted octanol–water partition coefficient (Wildman–Crippen LogP) is 3.91. The number of imide groups is 1. The number of benzene rings is 1. The van der Waals surface area contributed by atoms with E-state index >= 15 is 0 Å². The Hall–Kier alpha value is -2.77. The average Bonchev–Trinajstić information content (AvgIpc) is 3.09. The zero-order chi connectivity index (χ0) is 24.1. The van der Waals surface area contributed by atoms with Crippen LogP contribution >= 0.6 is 11.6 Å². The minimum atomic E-state index is -1.31. The van der Waals surface area contributed by atoms with E-state index in [2.05, 4.69) is 4.98 Å². The minimum absolute atomic E-state index is 0.0698. The lowest BCUT2D eigenvalue weighted by atomic mass is 9.75. The number of nitrogens with zero attached hydrogens (tertiary/aromatic N) is 3. The van der Waals surface area contributed by atoms with Crippen molar-refractivity contribution in [3.63, 3.8) is 0 Å². The van der Waals surface area contributed by atoms with E-state index in [1.807, 2.05) is 17.0 Å². The number of pyridine rings is 1. The number of methoxy groups -OCH3 is 1. The normalized spacial score (nSPS) is 22.9. The standard InChI is InChI=1S/C26H30ClN3O4/c1-34-15-7-14-30-24(32)17-26(25(30)33,20-9-2-3-10-21(20)27)16-23(31)29-13-5-4-11-22(29)19-8-6-12-28-18-19/h2-3,6,8-10,12,18,22H,4-5,7,11,13-17H2,1H3/t22-,26-/m0/s1. The van der Waals surface area contributed by atoms with Gasteiger partial charge in [-0.2, -0.15) is 0 Å². The predicted molar refractivity (Wildman–Crippen MR) is 128 cm³/mol. The number of carbonyl (C=O) groups is 3. The fourth-order valence-electron chi connectivity index (χ4n) is 5.20. The second-order valence-corrected chi connectivity index (χ2v) is 9.40. The Bertz CT molecular complexity index is 1050. The monoisotopic (exact) mass is 483 g/mol. The molecule has 0 spiro atoms. The van der Waals surface area contributed by atoms with E-state index in [4.69, 9.17) is 16.3 Å². The molecule has 2 saturated heterocycles. The average molecular weight is 484 g/mol. The van der Waals surface area contributed by atoms with Gasteiger partial charge in [-0.3, -0.25) is 24.3 Å². The Morgan fingerprint density at radius 3 is 2.76 bits per heavy atom. The van der Waals surface area contributed by atoms with Gasteiger partial charge in [0.05, 0.1) is 11.5 Å².